The highest BCUT2D eigenvalue weighted by Crippen LogP contribution is 2.22. The monoisotopic (exact) mass is 380 g/mol. The number of hydrogen-bond acceptors (Lipinski definition) is 5. The summed E-state index contributed by atoms with van der Waals surface area (Å²) in [6.45, 7) is 4.66. The van der Waals surface area contributed by atoms with Crippen LogP contribution in [0.1, 0.15) is 41.7 Å². The molecule has 4 rings (SSSR count). The average molecular weight is 380 g/mol. The van der Waals surface area contributed by atoms with Gasteiger partial charge in [0.15, 0.2) is 0 Å². The van der Waals surface area contributed by atoms with Crippen LogP contribution in [0.15, 0.2) is 48.9 Å². The van der Waals surface area contributed by atoms with Crippen molar-refractivity contribution < 1.29 is 9.53 Å². The van der Waals surface area contributed by atoms with E-state index in [0.29, 0.717) is 11.8 Å². The van der Waals surface area contributed by atoms with Gasteiger partial charge in [-0.3, -0.25) is 14.7 Å². The van der Waals surface area contributed by atoms with E-state index in [0.717, 1.165) is 58.4 Å². The highest BCUT2D eigenvalue weighted by Gasteiger charge is 2.28. The molecule has 2 aromatic rings. The lowest BCUT2D eigenvalue weighted by Gasteiger charge is -2.37. The molecule has 6 heteroatoms. The number of carbonyl (C=O) groups excluding carboxylic acids is 1. The quantitative estimate of drug-likeness (QED) is 0.798. The van der Waals surface area contributed by atoms with E-state index < -0.39 is 0 Å². The van der Waals surface area contributed by atoms with Gasteiger partial charge in [-0.15, -0.1) is 0 Å². The van der Waals surface area contributed by atoms with Crippen LogP contribution in [0.5, 0.6) is 0 Å². The van der Waals surface area contributed by atoms with Gasteiger partial charge >= 0.3 is 0 Å². The van der Waals surface area contributed by atoms with E-state index >= 15 is 0 Å². The van der Waals surface area contributed by atoms with Crippen molar-refractivity contribution in [1.82, 2.24) is 19.8 Å². The maximum atomic E-state index is 12.5. The van der Waals surface area contributed by atoms with Crippen molar-refractivity contribution in [2.24, 2.45) is 0 Å². The highest BCUT2D eigenvalue weighted by molar-refractivity contribution is 5.92. The number of piperidine rings is 2. The Morgan fingerprint density at radius 3 is 2.29 bits per heavy atom. The van der Waals surface area contributed by atoms with Gasteiger partial charge in [0.25, 0.3) is 5.91 Å². The lowest BCUT2D eigenvalue weighted by atomic mass is 10.0. The fourth-order valence-electron chi connectivity index (χ4n) is 4.08. The Bertz CT molecular complexity index is 740. The van der Waals surface area contributed by atoms with Crippen LogP contribution >= 0.6 is 0 Å². The molecule has 2 aliphatic heterocycles. The Labute approximate surface area is 166 Å². The lowest BCUT2D eigenvalue weighted by Crippen LogP contribution is -2.43. The van der Waals surface area contributed by atoms with Gasteiger partial charge in [-0.1, -0.05) is 30.3 Å². The topological polar surface area (TPSA) is 58.6 Å². The molecule has 0 atom stereocenters. The standard InChI is InChI=1S/C22H28N4O2/c27-22(21-16-23-10-11-24-21)26-14-8-20(9-15-26)28-19-6-12-25(13-7-19)17-18-4-2-1-3-5-18/h1-5,10-11,16,19-20H,6-9,12-15,17H2. The molecule has 2 saturated heterocycles. The third-order valence-electron chi connectivity index (χ3n) is 5.68. The summed E-state index contributed by atoms with van der Waals surface area (Å²) in [4.78, 5) is 24.9. The van der Waals surface area contributed by atoms with Crippen molar-refractivity contribution in [3.63, 3.8) is 0 Å². The smallest absolute Gasteiger partial charge is 0.274 e. The molecule has 3 heterocycles. The van der Waals surface area contributed by atoms with Gasteiger partial charge < -0.3 is 9.64 Å². The summed E-state index contributed by atoms with van der Waals surface area (Å²) in [6.07, 6.45) is 9.27. The number of likely N-dealkylation sites (tertiary alicyclic amines) is 2. The molecule has 2 aliphatic rings. The van der Waals surface area contributed by atoms with Crippen LogP contribution < -0.4 is 0 Å². The molecular formula is C22H28N4O2. The second-order valence-electron chi connectivity index (χ2n) is 7.68. The first-order valence-corrected chi connectivity index (χ1v) is 10.2. The van der Waals surface area contributed by atoms with E-state index in [1.807, 2.05) is 4.90 Å². The molecule has 0 saturated carbocycles. The van der Waals surface area contributed by atoms with Gasteiger partial charge in [0.1, 0.15) is 5.69 Å². The zero-order valence-corrected chi connectivity index (χ0v) is 16.2. The number of amides is 1. The Morgan fingerprint density at radius 2 is 1.64 bits per heavy atom. The fraction of sp³-hybridized carbons (Fsp3) is 0.500. The van der Waals surface area contributed by atoms with Crippen LogP contribution in [0.4, 0.5) is 0 Å². The molecule has 1 aromatic heterocycles. The maximum absolute atomic E-state index is 12.5. The Balaban J connectivity index is 1.18. The minimum atomic E-state index is -0.0271. The third kappa shape index (κ3) is 4.94. The number of rotatable bonds is 5. The van der Waals surface area contributed by atoms with Crippen LogP contribution in [0.25, 0.3) is 0 Å². The van der Waals surface area contributed by atoms with E-state index in [1.54, 1.807) is 12.4 Å². The van der Waals surface area contributed by atoms with Gasteiger partial charge in [0.2, 0.25) is 0 Å². The molecule has 1 amide bonds. The molecule has 0 spiro atoms. The number of benzene rings is 1. The molecule has 0 bridgehead atoms. The number of ether oxygens (including phenoxy) is 1. The second-order valence-corrected chi connectivity index (χ2v) is 7.68. The molecule has 2 fully saturated rings. The zero-order valence-electron chi connectivity index (χ0n) is 16.2. The minimum absolute atomic E-state index is 0.0271. The number of carbonyl (C=O) groups is 1. The molecule has 148 valence electrons. The first-order chi connectivity index (χ1) is 13.8. The fourth-order valence-corrected chi connectivity index (χ4v) is 4.08. The van der Waals surface area contributed by atoms with Crippen molar-refractivity contribution in [1.29, 1.82) is 0 Å². The maximum Gasteiger partial charge on any atom is 0.274 e. The van der Waals surface area contributed by atoms with Gasteiger partial charge in [0, 0.05) is 45.1 Å². The summed E-state index contributed by atoms with van der Waals surface area (Å²) in [6, 6.07) is 10.7. The van der Waals surface area contributed by atoms with Crippen molar-refractivity contribution >= 4 is 5.91 Å². The van der Waals surface area contributed by atoms with Gasteiger partial charge in [0.05, 0.1) is 18.4 Å². The van der Waals surface area contributed by atoms with Crippen LogP contribution in [-0.4, -0.2) is 64.1 Å². The molecule has 1 aromatic carbocycles. The number of aromatic nitrogens is 2. The molecule has 0 unspecified atom stereocenters. The zero-order chi connectivity index (χ0) is 19.2. The summed E-state index contributed by atoms with van der Waals surface area (Å²) in [5.74, 6) is -0.0271. The first-order valence-electron chi connectivity index (χ1n) is 10.2. The van der Waals surface area contributed by atoms with Crippen molar-refractivity contribution in [2.45, 2.75) is 44.4 Å². The predicted molar refractivity (Wildman–Crippen MR) is 107 cm³/mol. The molecule has 0 N–H and O–H groups in total. The Hall–Kier alpha value is -2.31. The Morgan fingerprint density at radius 1 is 0.964 bits per heavy atom. The summed E-state index contributed by atoms with van der Waals surface area (Å²) >= 11 is 0. The highest BCUT2D eigenvalue weighted by atomic mass is 16.5. The summed E-state index contributed by atoms with van der Waals surface area (Å²) in [5.41, 5.74) is 1.80. The van der Waals surface area contributed by atoms with E-state index in [2.05, 4.69) is 45.2 Å². The molecule has 0 radical (unpaired) electrons. The molecular weight excluding hydrogens is 352 g/mol. The van der Waals surface area contributed by atoms with Crippen LogP contribution in [0.2, 0.25) is 0 Å². The minimum Gasteiger partial charge on any atom is -0.375 e. The number of nitrogens with zero attached hydrogens (tertiary/aromatic N) is 4. The summed E-state index contributed by atoms with van der Waals surface area (Å²) in [5, 5.41) is 0. The third-order valence-corrected chi connectivity index (χ3v) is 5.68. The lowest BCUT2D eigenvalue weighted by molar-refractivity contribution is -0.0629. The SMILES string of the molecule is O=C(c1cnccn1)N1CCC(OC2CCN(Cc3ccccc3)CC2)CC1. The summed E-state index contributed by atoms with van der Waals surface area (Å²) in [7, 11) is 0. The van der Waals surface area contributed by atoms with Crippen molar-refractivity contribution in [3.05, 3.63) is 60.2 Å². The average Bonchev–Trinajstić information content (AvgIpc) is 2.76. The predicted octanol–water partition coefficient (Wildman–Crippen LogP) is 2.76. The van der Waals surface area contributed by atoms with E-state index in [1.165, 1.54) is 11.8 Å². The second kappa shape index (κ2) is 9.26. The first kappa shape index (κ1) is 19.0. The number of hydrogen-bond donors (Lipinski definition) is 0. The van der Waals surface area contributed by atoms with Crippen molar-refractivity contribution in [3.8, 4) is 0 Å². The van der Waals surface area contributed by atoms with Gasteiger partial charge in [-0.25, -0.2) is 4.98 Å². The molecule has 6 nitrogen and oxygen atoms in total. The normalized spacial score (nSPS) is 19.6. The summed E-state index contributed by atoms with van der Waals surface area (Å²) < 4.78 is 6.37. The largest absolute Gasteiger partial charge is 0.375 e. The van der Waals surface area contributed by atoms with Crippen LogP contribution in [-0.2, 0) is 11.3 Å². The van der Waals surface area contributed by atoms with Gasteiger partial charge in [-0.05, 0) is 31.2 Å². The Kier molecular flexibility index (Phi) is 6.29. The van der Waals surface area contributed by atoms with Crippen LogP contribution in [0.3, 0.4) is 0 Å². The van der Waals surface area contributed by atoms with E-state index in [4.69, 9.17) is 4.74 Å². The molecule has 28 heavy (non-hydrogen) atoms. The van der Waals surface area contributed by atoms with E-state index in [-0.39, 0.29) is 12.0 Å². The van der Waals surface area contributed by atoms with Crippen molar-refractivity contribution in [2.75, 3.05) is 26.2 Å². The molecule has 0 aliphatic carbocycles. The van der Waals surface area contributed by atoms with Gasteiger partial charge in [-0.2, -0.15) is 0 Å². The van der Waals surface area contributed by atoms with E-state index in [9.17, 15) is 4.79 Å². The van der Waals surface area contributed by atoms with Crippen LogP contribution in [0, 0.1) is 0 Å².